The first kappa shape index (κ1) is 14.4. The van der Waals surface area contributed by atoms with Crippen LogP contribution >= 0.6 is 0 Å². The number of ether oxygens (including phenoxy) is 1. The van der Waals surface area contributed by atoms with Gasteiger partial charge < -0.3 is 15.4 Å². The first-order valence-electron chi connectivity index (χ1n) is 7.74. The van der Waals surface area contributed by atoms with Gasteiger partial charge in [0, 0.05) is 31.0 Å². The molecule has 1 saturated heterocycles. The van der Waals surface area contributed by atoms with Gasteiger partial charge in [0.05, 0.1) is 13.2 Å². The van der Waals surface area contributed by atoms with E-state index < -0.39 is 0 Å². The molecule has 4 heteroatoms. The van der Waals surface area contributed by atoms with Crippen molar-refractivity contribution < 1.29 is 4.74 Å². The second-order valence-electron chi connectivity index (χ2n) is 6.73. The highest BCUT2D eigenvalue weighted by Crippen LogP contribution is 2.47. The van der Waals surface area contributed by atoms with E-state index in [9.17, 15) is 0 Å². The van der Waals surface area contributed by atoms with Crippen LogP contribution < -0.4 is 10.6 Å². The summed E-state index contributed by atoms with van der Waals surface area (Å²) < 4.78 is 5.29. The molecule has 1 saturated carbocycles. The van der Waals surface area contributed by atoms with Crippen LogP contribution in [0.2, 0.25) is 0 Å². The Morgan fingerprint density at radius 2 is 1.81 bits per heavy atom. The van der Waals surface area contributed by atoms with E-state index in [-0.39, 0.29) is 5.41 Å². The summed E-state index contributed by atoms with van der Waals surface area (Å²) in [5.74, 6) is 0.894. The third kappa shape index (κ3) is 3.21. The van der Waals surface area contributed by atoms with Crippen LogP contribution in [0.5, 0.6) is 0 Å². The van der Waals surface area contributed by atoms with E-state index in [1.165, 1.54) is 18.4 Å². The highest BCUT2D eigenvalue weighted by atomic mass is 16.5. The third-order valence-corrected chi connectivity index (χ3v) is 4.64. The Labute approximate surface area is 127 Å². The second kappa shape index (κ2) is 5.68. The second-order valence-corrected chi connectivity index (χ2v) is 6.73. The molecule has 1 aliphatic heterocycles. The summed E-state index contributed by atoms with van der Waals surface area (Å²) in [5, 5.41) is 6.91. The molecule has 3 rings (SSSR count). The number of nitrogens with one attached hydrogen (secondary N) is 2. The minimum atomic E-state index is 0.258. The number of nitrogens with zero attached hydrogens (tertiary/aromatic N) is 1. The van der Waals surface area contributed by atoms with Crippen molar-refractivity contribution >= 4 is 5.96 Å². The molecule has 0 aromatic heterocycles. The molecule has 1 aromatic carbocycles. The van der Waals surface area contributed by atoms with Gasteiger partial charge in [-0.15, -0.1) is 0 Å². The number of hydrogen-bond donors (Lipinski definition) is 2. The van der Waals surface area contributed by atoms with Gasteiger partial charge in [-0.2, -0.15) is 0 Å². The van der Waals surface area contributed by atoms with Gasteiger partial charge in [-0.1, -0.05) is 37.3 Å². The van der Waals surface area contributed by atoms with Gasteiger partial charge in [-0.25, -0.2) is 0 Å². The van der Waals surface area contributed by atoms with Crippen molar-refractivity contribution in [3.05, 3.63) is 35.9 Å². The molecule has 0 radical (unpaired) electrons. The van der Waals surface area contributed by atoms with Gasteiger partial charge in [0.1, 0.15) is 0 Å². The van der Waals surface area contributed by atoms with Crippen LogP contribution in [-0.4, -0.2) is 39.3 Å². The van der Waals surface area contributed by atoms with Gasteiger partial charge in [0.2, 0.25) is 0 Å². The molecule has 0 amide bonds. The smallest absolute Gasteiger partial charge is 0.191 e. The molecule has 2 N–H and O–H groups in total. The maximum Gasteiger partial charge on any atom is 0.191 e. The maximum atomic E-state index is 5.29. The van der Waals surface area contributed by atoms with Crippen LogP contribution in [0.15, 0.2) is 35.3 Å². The normalized spacial score (nSPS) is 22.3. The fraction of sp³-hybridized carbons (Fsp3) is 0.588. The predicted molar refractivity (Wildman–Crippen MR) is 85.6 cm³/mol. The SMILES string of the molecule is CN=C(NCC1(C)COC1)NCC1(c2ccccc2)CC1. The summed E-state index contributed by atoms with van der Waals surface area (Å²) in [5.41, 5.74) is 2.00. The van der Waals surface area contributed by atoms with Gasteiger partial charge in [-0.05, 0) is 18.4 Å². The molecular weight excluding hydrogens is 262 g/mol. The molecule has 1 heterocycles. The van der Waals surface area contributed by atoms with Crippen LogP contribution in [0.1, 0.15) is 25.3 Å². The predicted octanol–water partition coefficient (Wildman–Crippen LogP) is 1.92. The molecule has 2 fully saturated rings. The molecule has 114 valence electrons. The van der Waals surface area contributed by atoms with Crippen LogP contribution in [0.25, 0.3) is 0 Å². The van der Waals surface area contributed by atoms with Crippen LogP contribution in [0, 0.1) is 5.41 Å². The first-order valence-corrected chi connectivity index (χ1v) is 7.74. The summed E-state index contributed by atoms with van der Waals surface area (Å²) in [7, 11) is 1.83. The molecule has 0 bridgehead atoms. The number of hydrogen-bond acceptors (Lipinski definition) is 2. The summed E-state index contributed by atoms with van der Waals surface area (Å²) in [6.07, 6.45) is 2.51. The summed E-state index contributed by atoms with van der Waals surface area (Å²) in [6, 6.07) is 10.8. The Bertz CT molecular complexity index is 504. The summed E-state index contributed by atoms with van der Waals surface area (Å²) in [6.45, 7) is 5.77. The van der Waals surface area contributed by atoms with Crippen molar-refractivity contribution in [2.24, 2.45) is 10.4 Å². The number of benzene rings is 1. The lowest BCUT2D eigenvalue weighted by Crippen LogP contribution is -2.51. The summed E-state index contributed by atoms with van der Waals surface area (Å²) in [4.78, 5) is 4.33. The van der Waals surface area contributed by atoms with Crippen molar-refractivity contribution in [1.82, 2.24) is 10.6 Å². The lowest BCUT2D eigenvalue weighted by Gasteiger charge is -2.38. The quantitative estimate of drug-likeness (QED) is 0.642. The van der Waals surface area contributed by atoms with Crippen molar-refractivity contribution in [1.29, 1.82) is 0 Å². The fourth-order valence-corrected chi connectivity index (χ4v) is 2.83. The van der Waals surface area contributed by atoms with E-state index in [0.717, 1.165) is 32.3 Å². The van der Waals surface area contributed by atoms with E-state index in [4.69, 9.17) is 4.74 Å². The van der Waals surface area contributed by atoms with Gasteiger partial charge >= 0.3 is 0 Å². The Morgan fingerprint density at radius 1 is 1.14 bits per heavy atom. The number of aliphatic imine (C=N–C) groups is 1. The Morgan fingerprint density at radius 3 is 2.33 bits per heavy atom. The zero-order valence-corrected chi connectivity index (χ0v) is 13.0. The zero-order valence-electron chi connectivity index (χ0n) is 13.0. The van der Waals surface area contributed by atoms with E-state index >= 15 is 0 Å². The molecule has 0 atom stereocenters. The van der Waals surface area contributed by atoms with Crippen LogP contribution in [-0.2, 0) is 10.2 Å². The zero-order chi connectivity index (χ0) is 14.8. The molecule has 4 nitrogen and oxygen atoms in total. The van der Waals surface area contributed by atoms with Crippen molar-refractivity contribution in [3.8, 4) is 0 Å². The highest BCUT2D eigenvalue weighted by molar-refractivity contribution is 5.79. The lowest BCUT2D eigenvalue weighted by molar-refractivity contribution is -0.0971. The molecule has 2 aliphatic rings. The van der Waals surface area contributed by atoms with E-state index in [2.05, 4.69) is 52.9 Å². The Balaban J connectivity index is 1.51. The molecule has 0 unspecified atom stereocenters. The average molecular weight is 287 g/mol. The van der Waals surface area contributed by atoms with Crippen LogP contribution in [0.4, 0.5) is 0 Å². The van der Waals surface area contributed by atoms with Crippen molar-refractivity contribution in [3.63, 3.8) is 0 Å². The van der Waals surface area contributed by atoms with E-state index in [0.29, 0.717) is 5.41 Å². The monoisotopic (exact) mass is 287 g/mol. The first-order chi connectivity index (χ1) is 10.2. The minimum Gasteiger partial charge on any atom is -0.380 e. The number of rotatable bonds is 5. The minimum absolute atomic E-state index is 0.258. The van der Waals surface area contributed by atoms with Crippen LogP contribution in [0.3, 0.4) is 0 Å². The number of guanidine groups is 1. The molecule has 21 heavy (non-hydrogen) atoms. The molecule has 1 aromatic rings. The Hall–Kier alpha value is -1.55. The van der Waals surface area contributed by atoms with Crippen molar-refractivity contribution in [2.75, 3.05) is 33.4 Å². The fourth-order valence-electron chi connectivity index (χ4n) is 2.83. The lowest BCUT2D eigenvalue weighted by atomic mass is 9.89. The topological polar surface area (TPSA) is 45.7 Å². The van der Waals surface area contributed by atoms with Gasteiger partial charge in [0.25, 0.3) is 0 Å². The molecular formula is C17H25N3O. The molecule has 0 spiro atoms. The van der Waals surface area contributed by atoms with Gasteiger partial charge in [0.15, 0.2) is 5.96 Å². The van der Waals surface area contributed by atoms with Crippen molar-refractivity contribution in [2.45, 2.75) is 25.2 Å². The average Bonchev–Trinajstić information content (AvgIpc) is 3.28. The third-order valence-electron chi connectivity index (χ3n) is 4.64. The molecule has 1 aliphatic carbocycles. The Kier molecular flexibility index (Phi) is 3.89. The largest absolute Gasteiger partial charge is 0.380 e. The summed E-state index contributed by atoms with van der Waals surface area (Å²) >= 11 is 0. The maximum absolute atomic E-state index is 5.29. The van der Waals surface area contributed by atoms with E-state index in [1.807, 2.05) is 7.05 Å². The standard InChI is InChI=1S/C17H25N3O/c1-16(12-21-13-16)10-19-15(18-2)20-11-17(8-9-17)14-6-4-3-5-7-14/h3-7H,8-13H2,1-2H3,(H2,18,19,20). The van der Waals surface area contributed by atoms with E-state index in [1.54, 1.807) is 0 Å². The van der Waals surface area contributed by atoms with Gasteiger partial charge in [-0.3, -0.25) is 4.99 Å². The highest BCUT2D eigenvalue weighted by Gasteiger charge is 2.44.